The standard InChI is InChI=1S/C21H33NO5/c1-20(2,3)27-19(24)22-17(15-26-21(22,4)5)18(12-9-13-23)25-14-16-10-7-6-8-11-16/h6-8,10-11,17-18,23H,9,12-15H2,1-5H3/t17-,18+/m1/s1. The normalized spacial score (nSPS) is 20.5. The van der Waals surface area contributed by atoms with Gasteiger partial charge < -0.3 is 19.3 Å². The molecule has 0 saturated carbocycles. The molecule has 1 aliphatic rings. The maximum Gasteiger partial charge on any atom is 0.412 e. The number of aliphatic hydroxyl groups excluding tert-OH is 1. The average molecular weight is 379 g/mol. The van der Waals surface area contributed by atoms with Gasteiger partial charge >= 0.3 is 6.09 Å². The first-order chi connectivity index (χ1) is 12.6. The van der Waals surface area contributed by atoms with E-state index in [-0.39, 0.29) is 18.8 Å². The number of hydrogen-bond donors (Lipinski definition) is 1. The molecule has 0 bridgehead atoms. The molecular formula is C21H33NO5. The number of carbonyl (C=O) groups is 1. The van der Waals surface area contributed by atoms with Crippen molar-refractivity contribution in [1.29, 1.82) is 0 Å². The van der Waals surface area contributed by atoms with Crippen LogP contribution < -0.4 is 0 Å². The van der Waals surface area contributed by atoms with Gasteiger partial charge in [0.05, 0.1) is 25.4 Å². The van der Waals surface area contributed by atoms with Crippen molar-refractivity contribution in [2.24, 2.45) is 0 Å². The quantitative estimate of drug-likeness (QED) is 0.782. The van der Waals surface area contributed by atoms with Gasteiger partial charge in [-0.15, -0.1) is 0 Å². The molecule has 0 radical (unpaired) electrons. The average Bonchev–Trinajstić information content (AvgIpc) is 2.89. The molecule has 1 aliphatic heterocycles. The highest BCUT2D eigenvalue weighted by molar-refractivity contribution is 5.69. The minimum atomic E-state index is -0.777. The number of nitrogens with zero attached hydrogens (tertiary/aromatic N) is 1. The first-order valence-electron chi connectivity index (χ1n) is 9.57. The van der Waals surface area contributed by atoms with Crippen molar-refractivity contribution in [3.63, 3.8) is 0 Å². The predicted octanol–water partition coefficient (Wildman–Crippen LogP) is 3.72. The van der Waals surface area contributed by atoms with Crippen LogP contribution in [0.25, 0.3) is 0 Å². The number of amides is 1. The molecule has 27 heavy (non-hydrogen) atoms. The van der Waals surface area contributed by atoms with E-state index in [1.807, 2.05) is 65.0 Å². The molecule has 6 nitrogen and oxygen atoms in total. The Hall–Kier alpha value is -1.63. The van der Waals surface area contributed by atoms with Crippen LogP contribution >= 0.6 is 0 Å². The van der Waals surface area contributed by atoms with Crippen LogP contribution in [0.15, 0.2) is 30.3 Å². The third kappa shape index (κ3) is 6.19. The van der Waals surface area contributed by atoms with E-state index in [1.54, 1.807) is 4.90 Å². The molecule has 0 aromatic heterocycles. The summed E-state index contributed by atoms with van der Waals surface area (Å²) in [4.78, 5) is 14.5. The Morgan fingerprint density at radius 3 is 2.59 bits per heavy atom. The highest BCUT2D eigenvalue weighted by Crippen LogP contribution is 2.33. The summed E-state index contributed by atoms with van der Waals surface area (Å²) in [6.45, 7) is 10.1. The number of benzene rings is 1. The Balaban J connectivity index is 2.16. The molecule has 1 fully saturated rings. The molecule has 0 aliphatic carbocycles. The smallest absolute Gasteiger partial charge is 0.412 e. The number of carbonyl (C=O) groups excluding carboxylic acids is 1. The molecule has 6 heteroatoms. The molecule has 0 unspecified atom stereocenters. The maximum absolute atomic E-state index is 12.9. The fourth-order valence-corrected chi connectivity index (χ4v) is 3.23. The lowest BCUT2D eigenvalue weighted by atomic mass is 10.0. The second-order valence-electron chi connectivity index (χ2n) is 8.38. The van der Waals surface area contributed by atoms with Crippen molar-refractivity contribution in [3.8, 4) is 0 Å². The molecule has 1 amide bonds. The number of ether oxygens (including phenoxy) is 3. The third-order valence-electron chi connectivity index (χ3n) is 4.49. The van der Waals surface area contributed by atoms with Crippen LogP contribution in [-0.4, -0.2) is 52.8 Å². The van der Waals surface area contributed by atoms with E-state index in [0.29, 0.717) is 26.1 Å². The van der Waals surface area contributed by atoms with E-state index in [0.717, 1.165) is 5.56 Å². The van der Waals surface area contributed by atoms with E-state index >= 15 is 0 Å². The van der Waals surface area contributed by atoms with Gasteiger partial charge in [0, 0.05) is 6.61 Å². The zero-order chi connectivity index (χ0) is 20.1. The minimum absolute atomic E-state index is 0.0780. The monoisotopic (exact) mass is 379 g/mol. The minimum Gasteiger partial charge on any atom is -0.444 e. The Morgan fingerprint density at radius 1 is 1.33 bits per heavy atom. The maximum atomic E-state index is 12.9. The van der Waals surface area contributed by atoms with E-state index in [4.69, 9.17) is 14.2 Å². The van der Waals surface area contributed by atoms with Gasteiger partial charge in [-0.2, -0.15) is 0 Å². The van der Waals surface area contributed by atoms with Gasteiger partial charge in [-0.05, 0) is 53.0 Å². The largest absolute Gasteiger partial charge is 0.444 e. The molecule has 152 valence electrons. The zero-order valence-electron chi connectivity index (χ0n) is 17.1. The van der Waals surface area contributed by atoms with Crippen LogP contribution in [0.4, 0.5) is 4.79 Å². The van der Waals surface area contributed by atoms with Gasteiger partial charge in [-0.25, -0.2) is 4.79 Å². The lowest BCUT2D eigenvalue weighted by Gasteiger charge is -2.37. The second-order valence-corrected chi connectivity index (χ2v) is 8.38. The fraction of sp³-hybridized carbons (Fsp3) is 0.667. The van der Waals surface area contributed by atoms with Crippen molar-refractivity contribution in [2.75, 3.05) is 13.2 Å². The van der Waals surface area contributed by atoms with Crippen LogP contribution in [0.5, 0.6) is 0 Å². The first-order valence-corrected chi connectivity index (χ1v) is 9.57. The van der Waals surface area contributed by atoms with Gasteiger partial charge in [0.1, 0.15) is 11.3 Å². The number of aliphatic hydroxyl groups is 1. The summed E-state index contributed by atoms with van der Waals surface area (Å²) in [6.07, 6.45) is 0.560. The molecule has 1 saturated heterocycles. The van der Waals surface area contributed by atoms with Crippen molar-refractivity contribution in [1.82, 2.24) is 4.90 Å². The van der Waals surface area contributed by atoms with E-state index in [1.165, 1.54) is 0 Å². The van der Waals surface area contributed by atoms with Crippen LogP contribution in [0.3, 0.4) is 0 Å². The highest BCUT2D eigenvalue weighted by atomic mass is 16.6. The fourth-order valence-electron chi connectivity index (χ4n) is 3.23. The zero-order valence-corrected chi connectivity index (χ0v) is 17.1. The van der Waals surface area contributed by atoms with Gasteiger partial charge in [-0.3, -0.25) is 4.90 Å². The SMILES string of the molecule is CC(C)(C)OC(=O)N1[C@@H]([C@H](CCCO)OCc2ccccc2)COC1(C)C. The molecule has 2 atom stereocenters. The Kier molecular flexibility index (Phi) is 7.25. The van der Waals surface area contributed by atoms with Crippen LogP contribution in [-0.2, 0) is 20.8 Å². The number of rotatable bonds is 7. The topological polar surface area (TPSA) is 68.2 Å². The summed E-state index contributed by atoms with van der Waals surface area (Å²) in [5.41, 5.74) is -0.305. The third-order valence-corrected chi connectivity index (χ3v) is 4.49. The van der Waals surface area contributed by atoms with Crippen molar-refractivity contribution < 1.29 is 24.1 Å². The van der Waals surface area contributed by atoms with Crippen molar-refractivity contribution >= 4 is 6.09 Å². The molecule has 1 aromatic carbocycles. The van der Waals surface area contributed by atoms with E-state index < -0.39 is 17.4 Å². The summed E-state index contributed by atoms with van der Waals surface area (Å²) in [5.74, 6) is 0. The summed E-state index contributed by atoms with van der Waals surface area (Å²) in [5, 5.41) is 9.28. The van der Waals surface area contributed by atoms with E-state index in [9.17, 15) is 9.90 Å². The summed E-state index contributed by atoms with van der Waals surface area (Å²) in [6, 6.07) is 9.63. The van der Waals surface area contributed by atoms with Crippen LogP contribution in [0.1, 0.15) is 53.0 Å². The van der Waals surface area contributed by atoms with Crippen LogP contribution in [0.2, 0.25) is 0 Å². The Labute approximate surface area is 162 Å². The van der Waals surface area contributed by atoms with Crippen molar-refractivity contribution in [3.05, 3.63) is 35.9 Å². The van der Waals surface area contributed by atoms with Gasteiger partial charge in [-0.1, -0.05) is 30.3 Å². The van der Waals surface area contributed by atoms with Gasteiger partial charge in [0.25, 0.3) is 0 Å². The summed E-state index contributed by atoms with van der Waals surface area (Å²) < 4.78 is 17.7. The summed E-state index contributed by atoms with van der Waals surface area (Å²) >= 11 is 0. The Bertz CT molecular complexity index is 596. The molecule has 2 rings (SSSR count). The van der Waals surface area contributed by atoms with Gasteiger partial charge in [0.15, 0.2) is 0 Å². The lowest BCUT2D eigenvalue weighted by molar-refractivity contribution is -0.0751. The molecule has 0 spiro atoms. The predicted molar refractivity (Wildman–Crippen MR) is 103 cm³/mol. The second kappa shape index (κ2) is 9.04. The molecule has 1 heterocycles. The highest BCUT2D eigenvalue weighted by Gasteiger charge is 2.48. The molecule has 1 aromatic rings. The van der Waals surface area contributed by atoms with Crippen molar-refractivity contribution in [2.45, 2.75) is 77.5 Å². The molecule has 1 N–H and O–H groups in total. The Morgan fingerprint density at radius 2 is 2.00 bits per heavy atom. The van der Waals surface area contributed by atoms with Gasteiger partial charge in [0.2, 0.25) is 0 Å². The number of hydrogen-bond acceptors (Lipinski definition) is 5. The van der Waals surface area contributed by atoms with E-state index in [2.05, 4.69) is 0 Å². The summed E-state index contributed by atoms with van der Waals surface area (Å²) in [7, 11) is 0. The molecular weight excluding hydrogens is 346 g/mol. The lowest BCUT2D eigenvalue weighted by Crippen LogP contribution is -2.53. The van der Waals surface area contributed by atoms with Crippen LogP contribution in [0, 0.1) is 0 Å². The first kappa shape index (κ1) is 21.7.